The van der Waals surface area contributed by atoms with E-state index in [0.717, 1.165) is 10.5 Å². The lowest BCUT2D eigenvalue weighted by Crippen LogP contribution is -2.33. The van der Waals surface area contributed by atoms with E-state index < -0.39 is 11.9 Å². The van der Waals surface area contributed by atoms with Crippen LogP contribution < -0.4 is 4.90 Å². The van der Waals surface area contributed by atoms with Crippen LogP contribution in [0, 0.1) is 0 Å². The van der Waals surface area contributed by atoms with E-state index >= 15 is 0 Å². The summed E-state index contributed by atoms with van der Waals surface area (Å²) >= 11 is 1.59. The van der Waals surface area contributed by atoms with Gasteiger partial charge in [-0.15, -0.1) is 17.5 Å². The number of aromatic nitrogens is 1. The summed E-state index contributed by atoms with van der Waals surface area (Å²) in [4.78, 5) is 30.9. The monoisotopic (exact) mass is 304 g/mol. The highest BCUT2D eigenvalue weighted by atomic mass is 32.2. The van der Waals surface area contributed by atoms with Crippen LogP contribution in [0.2, 0.25) is 0 Å². The van der Waals surface area contributed by atoms with Gasteiger partial charge in [0.05, 0.1) is 6.61 Å². The minimum atomic E-state index is -0.658. The number of hydrogen-bond donors (Lipinski definition) is 0. The molecule has 0 saturated carbocycles. The van der Waals surface area contributed by atoms with E-state index in [4.69, 9.17) is 4.74 Å². The van der Waals surface area contributed by atoms with Crippen LogP contribution in [0.1, 0.15) is 12.5 Å². The maximum Gasteiger partial charge on any atom is 0.351 e. The molecule has 0 aromatic carbocycles. The lowest BCUT2D eigenvalue weighted by molar-refractivity contribution is -0.139. The number of fused-ring (bicyclic) bond motifs is 1. The molecule has 110 valence electrons. The Balaban J connectivity index is 2.45. The standard InChI is InChI=1S/C15H16N2O3S/c1-4-20-15(19)12-7-5-6-10-8-11(21-3)9-16-13(10)17(2)14(12)18/h5,8-9H,4,6H2,1-3H3. The van der Waals surface area contributed by atoms with E-state index in [-0.39, 0.29) is 12.2 Å². The number of hydrogen-bond acceptors (Lipinski definition) is 5. The lowest BCUT2D eigenvalue weighted by Gasteiger charge is -2.21. The molecule has 0 bridgehead atoms. The number of likely N-dealkylation sites (N-methyl/N-ethyl adjacent to an activating group) is 1. The van der Waals surface area contributed by atoms with Crippen LogP contribution in [0.3, 0.4) is 0 Å². The average Bonchev–Trinajstić information content (AvgIpc) is 2.49. The van der Waals surface area contributed by atoms with Crippen molar-refractivity contribution >= 4 is 29.5 Å². The van der Waals surface area contributed by atoms with E-state index in [1.54, 1.807) is 38.0 Å². The van der Waals surface area contributed by atoms with E-state index in [0.29, 0.717) is 12.2 Å². The molecule has 0 unspecified atom stereocenters. The fraction of sp³-hybridized carbons (Fsp3) is 0.333. The van der Waals surface area contributed by atoms with Crippen LogP contribution >= 0.6 is 11.8 Å². The summed E-state index contributed by atoms with van der Waals surface area (Å²) in [5.41, 5.74) is 3.58. The molecule has 0 fully saturated rings. The highest BCUT2D eigenvalue weighted by Crippen LogP contribution is 2.25. The first-order valence-electron chi connectivity index (χ1n) is 6.51. The number of ether oxygens (including phenoxy) is 1. The molecule has 0 saturated heterocycles. The van der Waals surface area contributed by atoms with Crippen LogP contribution in [0.5, 0.6) is 0 Å². The van der Waals surface area contributed by atoms with E-state index in [1.165, 1.54) is 4.90 Å². The van der Waals surface area contributed by atoms with Gasteiger partial charge in [0.25, 0.3) is 5.91 Å². The van der Waals surface area contributed by atoms with Crippen molar-refractivity contribution in [2.24, 2.45) is 0 Å². The molecule has 0 atom stereocenters. The molecule has 5 nitrogen and oxygen atoms in total. The highest BCUT2D eigenvalue weighted by Gasteiger charge is 2.26. The third-order valence-corrected chi connectivity index (χ3v) is 3.73. The molecule has 1 aromatic rings. The summed E-state index contributed by atoms with van der Waals surface area (Å²) in [5, 5.41) is 0. The molecule has 6 heteroatoms. The third kappa shape index (κ3) is 3.17. The number of anilines is 1. The minimum Gasteiger partial charge on any atom is -0.462 e. The largest absolute Gasteiger partial charge is 0.462 e. The van der Waals surface area contributed by atoms with Gasteiger partial charge in [-0.1, -0.05) is 0 Å². The number of amides is 1. The summed E-state index contributed by atoms with van der Waals surface area (Å²) < 4.78 is 4.89. The van der Waals surface area contributed by atoms with Crippen LogP contribution in [0.4, 0.5) is 5.82 Å². The molecule has 1 aliphatic rings. The zero-order valence-electron chi connectivity index (χ0n) is 12.2. The number of nitrogens with zero attached hydrogens (tertiary/aromatic N) is 2. The molecular formula is C15H16N2O3S. The third-order valence-electron chi connectivity index (χ3n) is 3.04. The first-order valence-corrected chi connectivity index (χ1v) is 7.74. The quantitative estimate of drug-likeness (QED) is 0.370. The van der Waals surface area contributed by atoms with E-state index in [2.05, 4.69) is 10.7 Å². The van der Waals surface area contributed by atoms with Gasteiger partial charge in [0.15, 0.2) is 5.57 Å². The SMILES string of the molecule is CCOC(=O)C1=C=CCc2cc(SC)cnc2N(C)C1=O. The van der Waals surface area contributed by atoms with E-state index in [1.807, 2.05) is 12.3 Å². The Bertz CT molecular complexity index is 648. The molecule has 1 amide bonds. The van der Waals surface area contributed by atoms with Gasteiger partial charge in [0.1, 0.15) is 5.82 Å². The highest BCUT2D eigenvalue weighted by molar-refractivity contribution is 7.98. The topological polar surface area (TPSA) is 59.5 Å². The van der Waals surface area contributed by atoms with Crippen molar-refractivity contribution in [1.82, 2.24) is 4.98 Å². The Hall–Kier alpha value is -2.04. The number of carbonyl (C=O) groups excluding carboxylic acids is 2. The average molecular weight is 304 g/mol. The van der Waals surface area contributed by atoms with Crippen LogP contribution in [0.15, 0.2) is 34.5 Å². The van der Waals surface area contributed by atoms with Crippen molar-refractivity contribution in [2.45, 2.75) is 18.2 Å². The number of rotatable bonds is 3. The second kappa shape index (κ2) is 6.61. The van der Waals surface area contributed by atoms with Crippen molar-refractivity contribution in [1.29, 1.82) is 0 Å². The van der Waals surface area contributed by atoms with Crippen molar-refractivity contribution in [3.05, 3.63) is 35.2 Å². The van der Waals surface area contributed by atoms with Crippen molar-refractivity contribution in [2.75, 3.05) is 24.8 Å². The van der Waals surface area contributed by atoms with Gasteiger partial charge in [-0.3, -0.25) is 9.69 Å². The van der Waals surface area contributed by atoms with Gasteiger partial charge < -0.3 is 4.74 Å². The minimum absolute atomic E-state index is 0.0965. The van der Waals surface area contributed by atoms with Crippen molar-refractivity contribution in [3.8, 4) is 0 Å². The maximum atomic E-state index is 12.4. The Labute approximate surface area is 127 Å². The number of carbonyl (C=O) groups is 2. The second-order valence-corrected chi connectivity index (χ2v) is 5.25. The van der Waals surface area contributed by atoms with Crippen LogP contribution in [0.25, 0.3) is 0 Å². The Morgan fingerprint density at radius 2 is 2.33 bits per heavy atom. The Morgan fingerprint density at radius 3 is 3.00 bits per heavy atom. The van der Waals surface area contributed by atoms with Crippen LogP contribution in [-0.2, 0) is 20.7 Å². The summed E-state index contributed by atoms with van der Waals surface area (Å²) in [5.74, 6) is -0.567. The van der Waals surface area contributed by atoms with Crippen LogP contribution in [-0.4, -0.2) is 36.8 Å². The van der Waals surface area contributed by atoms with Gasteiger partial charge in [-0.25, -0.2) is 9.78 Å². The zero-order valence-corrected chi connectivity index (χ0v) is 13.0. The molecular weight excluding hydrogens is 288 g/mol. The summed E-state index contributed by atoms with van der Waals surface area (Å²) in [7, 11) is 1.60. The predicted molar refractivity (Wildman–Crippen MR) is 81.4 cm³/mol. The Morgan fingerprint density at radius 1 is 1.57 bits per heavy atom. The van der Waals surface area contributed by atoms with Crippen molar-refractivity contribution in [3.63, 3.8) is 0 Å². The lowest BCUT2D eigenvalue weighted by atomic mass is 10.1. The molecule has 0 spiro atoms. The molecule has 0 aliphatic carbocycles. The summed E-state index contributed by atoms with van der Waals surface area (Å²) in [6.07, 6.45) is 5.90. The number of esters is 1. The van der Waals surface area contributed by atoms with Gasteiger partial charge in [0.2, 0.25) is 0 Å². The second-order valence-electron chi connectivity index (χ2n) is 4.37. The molecule has 21 heavy (non-hydrogen) atoms. The molecule has 1 aromatic heterocycles. The fourth-order valence-electron chi connectivity index (χ4n) is 1.98. The normalized spacial score (nSPS) is 14.1. The molecule has 2 heterocycles. The summed E-state index contributed by atoms with van der Waals surface area (Å²) in [6.45, 7) is 1.91. The number of pyridine rings is 1. The van der Waals surface area contributed by atoms with Gasteiger partial charge >= 0.3 is 5.97 Å². The number of thioether (sulfide) groups is 1. The van der Waals surface area contributed by atoms with E-state index in [9.17, 15) is 9.59 Å². The van der Waals surface area contributed by atoms with Crippen molar-refractivity contribution < 1.29 is 14.3 Å². The first kappa shape index (κ1) is 15.4. The summed E-state index contributed by atoms with van der Waals surface area (Å²) in [6, 6.07) is 1.99. The van der Waals surface area contributed by atoms with Gasteiger partial charge in [-0.05, 0) is 25.3 Å². The Kier molecular flexibility index (Phi) is 4.83. The molecule has 1 aliphatic heterocycles. The molecule has 2 rings (SSSR count). The first-order chi connectivity index (χ1) is 10.1. The van der Waals surface area contributed by atoms with Gasteiger partial charge in [0, 0.05) is 30.1 Å². The molecule has 0 N–H and O–H groups in total. The fourth-order valence-corrected chi connectivity index (χ4v) is 2.40. The zero-order chi connectivity index (χ0) is 15.4. The predicted octanol–water partition coefficient (Wildman–Crippen LogP) is 1.97. The molecule has 0 radical (unpaired) electrons. The smallest absolute Gasteiger partial charge is 0.351 e. The maximum absolute atomic E-state index is 12.4. The van der Waals surface area contributed by atoms with Gasteiger partial charge in [-0.2, -0.15) is 0 Å².